The number of carboxylic acid groups (broad SMARTS) is 1. The highest BCUT2D eigenvalue weighted by molar-refractivity contribution is 6.39. The Morgan fingerprint density at radius 2 is 1.70 bits per heavy atom. The van der Waals surface area contributed by atoms with E-state index in [1.165, 1.54) is 18.2 Å². The number of aryl methyl sites for hydroxylation is 1. The standard InChI is InChI=1S/C24H18ClN3O5/c1-13-10-15(14(2)27(13)17-8-9-18(23(31)32)20(25)12-17)11-19-21(29)26-24(33)28(22(19)30)16-6-4-3-5-7-16/h3-12H,1-2H3,(H,31,32)(H,26,29,33)/p-1/b19-11-. The molecule has 0 bridgehead atoms. The van der Waals surface area contributed by atoms with Crippen LogP contribution in [0.15, 0.2) is 60.2 Å². The van der Waals surface area contributed by atoms with E-state index in [1.54, 1.807) is 49.4 Å². The number of hydrogen-bond acceptors (Lipinski definition) is 5. The van der Waals surface area contributed by atoms with Gasteiger partial charge in [-0.05, 0) is 61.9 Å². The van der Waals surface area contributed by atoms with Gasteiger partial charge in [-0.3, -0.25) is 14.9 Å². The van der Waals surface area contributed by atoms with Crippen LogP contribution in [-0.4, -0.2) is 28.4 Å². The number of para-hydroxylation sites is 1. The van der Waals surface area contributed by atoms with Crippen LogP contribution in [0.3, 0.4) is 0 Å². The first-order valence-electron chi connectivity index (χ1n) is 9.85. The molecule has 0 radical (unpaired) electrons. The van der Waals surface area contributed by atoms with Crippen LogP contribution in [0.4, 0.5) is 10.5 Å². The minimum absolute atomic E-state index is 0.0266. The zero-order valence-corrected chi connectivity index (χ0v) is 18.3. The maximum Gasteiger partial charge on any atom is 0.335 e. The van der Waals surface area contributed by atoms with E-state index >= 15 is 0 Å². The lowest BCUT2D eigenvalue weighted by atomic mass is 10.1. The van der Waals surface area contributed by atoms with Crippen LogP contribution in [0.25, 0.3) is 11.8 Å². The summed E-state index contributed by atoms with van der Waals surface area (Å²) in [6, 6.07) is 13.7. The van der Waals surface area contributed by atoms with Crippen molar-refractivity contribution in [1.29, 1.82) is 0 Å². The van der Waals surface area contributed by atoms with Gasteiger partial charge in [0.2, 0.25) is 0 Å². The molecule has 2 aromatic carbocycles. The monoisotopic (exact) mass is 462 g/mol. The van der Waals surface area contributed by atoms with Crippen molar-refractivity contribution in [2.45, 2.75) is 13.8 Å². The summed E-state index contributed by atoms with van der Waals surface area (Å²) in [5, 5.41) is 13.4. The molecule has 1 aromatic heterocycles. The number of rotatable bonds is 4. The Morgan fingerprint density at radius 3 is 2.33 bits per heavy atom. The van der Waals surface area contributed by atoms with Crippen molar-refractivity contribution in [2.75, 3.05) is 4.90 Å². The van der Waals surface area contributed by atoms with E-state index in [0.29, 0.717) is 22.6 Å². The van der Waals surface area contributed by atoms with Gasteiger partial charge in [0.1, 0.15) is 5.57 Å². The molecule has 1 aliphatic heterocycles. The van der Waals surface area contributed by atoms with E-state index in [2.05, 4.69) is 5.32 Å². The number of nitrogens with one attached hydrogen (secondary N) is 1. The quantitative estimate of drug-likeness (QED) is 0.473. The summed E-state index contributed by atoms with van der Waals surface area (Å²) in [6.07, 6.45) is 1.43. The van der Waals surface area contributed by atoms with Crippen LogP contribution < -0.4 is 15.3 Å². The first-order valence-corrected chi connectivity index (χ1v) is 10.2. The summed E-state index contributed by atoms with van der Waals surface area (Å²) < 4.78 is 1.81. The fourth-order valence-electron chi connectivity index (χ4n) is 3.76. The molecule has 3 aromatic rings. The summed E-state index contributed by atoms with van der Waals surface area (Å²) in [5.41, 5.74) is 2.65. The van der Waals surface area contributed by atoms with Gasteiger partial charge in [-0.2, -0.15) is 0 Å². The fraction of sp³-hybridized carbons (Fsp3) is 0.0833. The molecule has 8 nitrogen and oxygen atoms in total. The zero-order chi connectivity index (χ0) is 23.9. The van der Waals surface area contributed by atoms with E-state index in [4.69, 9.17) is 11.6 Å². The predicted molar refractivity (Wildman–Crippen MR) is 120 cm³/mol. The number of imide groups is 2. The van der Waals surface area contributed by atoms with Gasteiger partial charge in [0, 0.05) is 22.6 Å². The molecular formula is C24H17ClN3O5-. The molecule has 166 valence electrons. The highest BCUT2D eigenvalue weighted by atomic mass is 35.5. The lowest BCUT2D eigenvalue weighted by molar-refractivity contribution is -0.255. The smallest absolute Gasteiger partial charge is 0.335 e. The molecule has 1 saturated heterocycles. The Kier molecular flexibility index (Phi) is 5.61. The van der Waals surface area contributed by atoms with E-state index < -0.39 is 23.8 Å². The number of carbonyl (C=O) groups is 4. The number of barbiturate groups is 1. The minimum atomic E-state index is -1.38. The topological polar surface area (TPSA) is 112 Å². The van der Waals surface area contributed by atoms with Crippen LogP contribution in [0.1, 0.15) is 27.3 Å². The number of carbonyl (C=O) groups excluding carboxylic acids is 4. The van der Waals surface area contributed by atoms with Crippen LogP contribution in [0.5, 0.6) is 0 Å². The highest BCUT2D eigenvalue weighted by Crippen LogP contribution is 2.28. The number of carboxylic acids is 1. The molecule has 0 aliphatic carbocycles. The van der Waals surface area contributed by atoms with Crippen molar-refractivity contribution in [3.8, 4) is 5.69 Å². The minimum Gasteiger partial charge on any atom is -0.545 e. The highest BCUT2D eigenvalue weighted by Gasteiger charge is 2.36. The lowest BCUT2D eigenvalue weighted by Gasteiger charge is -2.26. The number of aromatic carboxylic acids is 1. The number of halogens is 1. The molecule has 1 N–H and O–H groups in total. The molecular weight excluding hydrogens is 446 g/mol. The number of anilines is 1. The van der Waals surface area contributed by atoms with Gasteiger partial charge in [-0.1, -0.05) is 29.8 Å². The van der Waals surface area contributed by atoms with E-state index in [0.717, 1.165) is 10.6 Å². The molecule has 1 aliphatic rings. The van der Waals surface area contributed by atoms with E-state index in [9.17, 15) is 24.3 Å². The summed E-state index contributed by atoms with van der Waals surface area (Å²) in [4.78, 5) is 49.9. The Morgan fingerprint density at radius 1 is 1.00 bits per heavy atom. The molecule has 0 spiro atoms. The number of amides is 4. The third-order valence-electron chi connectivity index (χ3n) is 5.32. The van der Waals surface area contributed by atoms with Gasteiger partial charge >= 0.3 is 6.03 Å². The molecule has 0 atom stereocenters. The zero-order valence-electron chi connectivity index (χ0n) is 17.6. The third-order valence-corrected chi connectivity index (χ3v) is 5.63. The van der Waals surface area contributed by atoms with Crippen LogP contribution in [-0.2, 0) is 9.59 Å². The largest absolute Gasteiger partial charge is 0.545 e. The molecule has 0 saturated carbocycles. The Bertz CT molecular complexity index is 1360. The van der Waals surface area contributed by atoms with Crippen LogP contribution in [0.2, 0.25) is 5.02 Å². The van der Waals surface area contributed by atoms with Crippen molar-refractivity contribution in [1.82, 2.24) is 9.88 Å². The van der Waals surface area contributed by atoms with Gasteiger partial charge in [-0.15, -0.1) is 0 Å². The average Bonchev–Trinajstić information content (AvgIpc) is 3.04. The number of aromatic nitrogens is 1. The number of urea groups is 1. The normalized spacial score (nSPS) is 15.2. The second kappa shape index (κ2) is 8.40. The first kappa shape index (κ1) is 22.0. The Balaban J connectivity index is 1.76. The Labute approximate surface area is 193 Å². The van der Waals surface area contributed by atoms with E-state index in [-0.39, 0.29) is 16.2 Å². The SMILES string of the molecule is Cc1cc(/C=C2/C(=O)NC(=O)N(c3ccccc3)C2=O)c(C)n1-c1ccc(C(=O)[O-])c(Cl)c1. The first-order chi connectivity index (χ1) is 15.7. The Hall–Kier alpha value is -4.17. The third kappa shape index (κ3) is 3.92. The van der Waals surface area contributed by atoms with Crippen molar-refractivity contribution >= 4 is 47.2 Å². The summed E-state index contributed by atoms with van der Waals surface area (Å²) in [5.74, 6) is -2.90. The lowest BCUT2D eigenvalue weighted by Crippen LogP contribution is -2.54. The van der Waals surface area contributed by atoms with Gasteiger partial charge in [0.25, 0.3) is 11.8 Å². The molecule has 4 amide bonds. The van der Waals surface area contributed by atoms with Gasteiger partial charge in [0.05, 0.1) is 16.7 Å². The van der Waals surface area contributed by atoms with Crippen LogP contribution in [0, 0.1) is 13.8 Å². The number of benzene rings is 2. The maximum atomic E-state index is 13.1. The molecule has 2 heterocycles. The molecule has 9 heteroatoms. The van der Waals surface area contributed by atoms with Gasteiger partial charge < -0.3 is 14.5 Å². The van der Waals surface area contributed by atoms with Crippen molar-refractivity contribution < 1.29 is 24.3 Å². The van der Waals surface area contributed by atoms with Crippen molar-refractivity contribution in [2.24, 2.45) is 0 Å². The number of nitrogens with zero attached hydrogens (tertiary/aromatic N) is 2. The second-order valence-electron chi connectivity index (χ2n) is 7.41. The predicted octanol–water partition coefficient (Wildman–Crippen LogP) is 2.78. The molecule has 33 heavy (non-hydrogen) atoms. The summed E-state index contributed by atoms with van der Waals surface area (Å²) >= 11 is 6.09. The average molecular weight is 463 g/mol. The summed E-state index contributed by atoms with van der Waals surface area (Å²) in [7, 11) is 0. The number of hydrogen-bond donors (Lipinski definition) is 1. The fourth-order valence-corrected chi connectivity index (χ4v) is 4.02. The van der Waals surface area contributed by atoms with Gasteiger partial charge in [0.15, 0.2) is 0 Å². The van der Waals surface area contributed by atoms with Crippen molar-refractivity contribution in [3.63, 3.8) is 0 Å². The molecule has 1 fully saturated rings. The van der Waals surface area contributed by atoms with Gasteiger partial charge in [-0.25, -0.2) is 9.69 Å². The van der Waals surface area contributed by atoms with Crippen molar-refractivity contribution in [3.05, 3.63) is 87.7 Å². The van der Waals surface area contributed by atoms with Crippen LogP contribution >= 0.6 is 11.6 Å². The summed E-state index contributed by atoms with van der Waals surface area (Å²) in [6.45, 7) is 3.60. The van der Waals surface area contributed by atoms with E-state index in [1.807, 2.05) is 11.5 Å². The second-order valence-corrected chi connectivity index (χ2v) is 7.81. The molecule has 0 unspecified atom stereocenters. The maximum absolute atomic E-state index is 13.1. The molecule has 4 rings (SSSR count).